The van der Waals surface area contributed by atoms with Gasteiger partial charge >= 0.3 is 0 Å². The first-order chi connectivity index (χ1) is 18.8. The molecular formula is C27H17N11. The molecule has 38 heavy (non-hydrogen) atoms. The Bertz CT molecular complexity index is 1960. The van der Waals surface area contributed by atoms with E-state index in [9.17, 15) is 0 Å². The summed E-state index contributed by atoms with van der Waals surface area (Å²) in [5.41, 5.74) is 6.75. The van der Waals surface area contributed by atoms with Gasteiger partial charge in [0.15, 0.2) is 0 Å². The van der Waals surface area contributed by atoms with Crippen molar-refractivity contribution in [3.8, 4) is 11.1 Å². The molecule has 0 saturated carbocycles. The molecule has 0 saturated heterocycles. The van der Waals surface area contributed by atoms with Crippen molar-refractivity contribution in [2.75, 3.05) is 10.6 Å². The maximum atomic E-state index is 4.58. The van der Waals surface area contributed by atoms with Crippen LogP contribution in [0.1, 0.15) is 0 Å². The number of rotatable bonds is 4. The van der Waals surface area contributed by atoms with E-state index >= 15 is 0 Å². The lowest BCUT2D eigenvalue weighted by molar-refractivity contribution is 1.21. The van der Waals surface area contributed by atoms with Crippen LogP contribution >= 0.6 is 0 Å². The highest BCUT2D eigenvalue weighted by Crippen LogP contribution is 2.36. The molecule has 4 aromatic heterocycles. The number of fused-ring (bicyclic) bond motifs is 7. The highest BCUT2D eigenvalue weighted by atomic mass is 15.1. The summed E-state index contributed by atoms with van der Waals surface area (Å²) in [6, 6.07) is 12.0. The SMILES string of the molecule is c1nc(Nc2cc3ccc4nccnc4c3[nH]2)c2cncc-2c(Nc2cc3ccc4nccnc4c3[nH]2)n1. The lowest BCUT2D eigenvalue weighted by atomic mass is 10.2. The molecule has 0 bridgehead atoms. The Morgan fingerprint density at radius 1 is 0.553 bits per heavy atom. The molecule has 0 aliphatic carbocycles. The molecule has 0 spiro atoms. The Kier molecular flexibility index (Phi) is 4.26. The van der Waals surface area contributed by atoms with E-state index in [0.717, 1.165) is 66.6 Å². The maximum absolute atomic E-state index is 4.58. The Balaban J connectivity index is 1.15. The molecule has 8 rings (SSSR count). The van der Waals surface area contributed by atoms with E-state index in [0.29, 0.717) is 11.6 Å². The summed E-state index contributed by atoms with van der Waals surface area (Å²) in [6.45, 7) is 0. The first-order valence-electron chi connectivity index (χ1n) is 11.9. The highest BCUT2D eigenvalue weighted by Gasteiger charge is 2.17. The number of H-pyrrole nitrogens is 2. The molecule has 4 N–H and O–H groups in total. The van der Waals surface area contributed by atoms with Gasteiger partial charge in [-0.15, -0.1) is 0 Å². The summed E-state index contributed by atoms with van der Waals surface area (Å²) in [5.74, 6) is 2.80. The summed E-state index contributed by atoms with van der Waals surface area (Å²) in [7, 11) is 0. The third-order valence-corrected chi connectivity index (χ3v) is 6.55. The third kappa shape index (κ3) is 3.19. The second-order valence-corrected chi connectivity index (χ2v) is 8.83. The Hall–Kier alpha value is -5.71. The number of hydrogen-bond donors (Lipinski definition) is 4. The van der Waals surface area contributed by atoms with E-state index in [1.54, 1.807) is 37.2 Å². The molecule has 0 fully saturated rings. The number of nitrogens with zero attached hydrogens (tertiary/aromatic N) is 7. The molecular weight excluding hydrogens is 478 g/mol. The molecule has 6 heterocycles. The quantitative estimate of drug-likeness (QED) is 0.255. The van der Waals surface area contributed by atoms with Gasteiger partial charge in [0.2, 0.25) is 0 Å². The van der Waals surface area contributed by atoms with Crippen molar-refractivity contribution in [1.29, 1.82) is 0 Å². The van der Waals surface area contributed by atoms with Crippen LogP contribution in [0.3, 0.4) is 0 Å². The average molecular weight is 496 g/mol. The number of hydrogen-bond acceptors (Lipinski definition) is 9. The Labute approximate surface area is 213 Å². The fraction of sp³-hybridized carbons (Fsp3) is 0. The van der Waals surface area contributed by atoms with Crippen LogP contribution in [0, 0.1) is 0 Å². The van der Waals surface area contributed by atoms with Gasteiger partial charge in [-0.25, -0.2) is 9.97 Å². The minimum atomic E-state index is 0.623. The molecule has 0 amide bonds. The maximum Gasteiger partial charge on any atom is 0.142 e. The van der Waals surface area contributed by atoms with Crippen LogP contribution in [0.25, 0.3) is 55.0 Å². The smallest absolute Gasteiger partial charge is 0.142 e. The van der Waals surface area contributed by atoms with Crippen molar-refractivity contribution in [2.24, 2.45) is 0 Å². The Morgan fingerprint density at radius 3 is 1.58 bits per heavy atom. The van der Waals surface area contributed by atoms with Gasteiger partial charge < -0.3 is 20.6 Å². The second kappa shape index (κ2) is 7.90. The predicted octanol–water partition coefficient (Wildman–Crippen LogP) is 5.31. The van der Waals surface area contributed by atoms with Crippen molar-refractivity contribution >= 4 is 67.1 Å². The third-order valence-electron chi connectivity index (χ3n) is 6.55. The van der Waals surface area contributed by atoms with Gasteiger partial charge in [0, 0.05) is 59.1 Å². The molecule has 180 valence electrons. The number of aromatic nitrogens is 9. The van der Waals surface area contributed by atoms with Gasteiger partial charge in [-0.3, -0.25) is 24.9 Å². The van der Waals surface area contributed by atoms with Crippen molar-refractivity contribution in [3.63, 3.8) is 0 Å². The number of aromatic amines is 2. The molecule has 0 unspecified atom stereocenters. The summed E-state index contributed by atoms with van der Waals surface area (Å²) >= 11 is 0. The number of benzene rings is 2. The van der Waals surface area contributed by atoms with Gasteiger partial charge in [0.05, 0.1) is 22.1 Å². The molecule has 0 atom stereocenters. The van der Waals surface area contributed by atoms with Crippen LogP contribution in [0.4, 0.5) is 23.3 Å². The molecule has 11 nitrogen and oxygen atoms in total. The predicted molar refractivity (Wildman–Crippen MR) is 146 cm³/mol. The van der Waals surface area contributed by atoms with E-state index in [-0.39, 0.29) is 0 Å². The molecule has 6 aromatic rings. The minimum Gasteiger partial charge on any atom is -0.339 e. The Morgan fingerprint density at radius 2 is 1.05 bits per heavy atom. The molecule has 11 heteroatoms. The fourth-order valence-electron chi connectivity index (χ4n) is 4.84. The molecule has 0 radical (unpaired) electrons. The van der Waals surface area contributed by atoms with E-state index in [1.165, 1.54) is 6.33 Å². The van der Waals surface area contributed by atoms with Crippen LogP contribution in [-0.4, -0.2) is 44.9 Å². The van der Waals surface area contributed by atoms with Gasteiger partial charge in [0.1, 0.15) is 40.6 Å². The van der Waals surface area contributed by atoms with Crippen LogP contribution < -0.4 is 10.6 Å². The van der Waals surface area contributed by atoms with Crippen LogP contribution in [0.15, 0.2) is 79.9 Å². The first-order valence-corrected chi connectivity index (χ1v) is 11.9. The summed E-state index contributed by atoms with van der Waals surface area (Å²) in [4.78, 5) is 38.1. The van der Waals surface area contributed by atoms with E-state index in [1.807, 2.05) is 36.4 Å². The van der Waals surface area contributed by atoms with Crippen LogP contribution in [0.5, 0.6) is 0 Å². The van der Waals surface area contributed by atoms with Gasteiger partial charge in [-0.2, -0.15) is 0 Å². The minimum absolute atomic E-state index is 0.623. The lowest BCUT2D eigenvalue weighted by Gasteiger charge is -2.06. The summed E-state index contributed by atoms with van der Waals surface area (Å²) in [6.07, 6.45) is 11.8. The standard InChI is InChI=1S/C27H17N11/c1-3-18-24(31-7-5-29-18)22-14(1)9-20(35-22)37-26-16-11-28-12-17(16)27(34-13-33-26)38-21-10-15-2-4-19-25(23(15)36-21)32-8-6-30-19/h1-13,35-36H,(H2,33,34,37,38). The van der Waals surface area contributed by atoms with Crippen molar-refractivity contribution in [1.82, 2.24) is 44.9 Å². The van der Waals surface area contributed by atoms with Crippen LogP contribution in [0.2, 0.25) is 0 Å². The number of nitrogens with one attached hydrogen (secondary N) is 4. The fourth-order valence-corrected chi connectivity index (χ4v) is 4.84. The molecule has 2 aromatic carbocycles. The van der Waals surface area contributed by atoms with Crippen molar-refractivity contribution in [2.45, 2.75) is 0 Å². The van der Waals surface area contributed by atoms with Crippen LogP contribution in [-0.2, 0) is 0 Å². The summed E-state index contributed by atoms with van der Waals surface area (Å²) < 4.78 is 0. The van der Waals surface area contributed by atoms with Crippen molar-refractivity contribution in [3.05, 3.63) is 79.9 Å². The highest BCUT2D eigenvalue weighted by molar-refractivity contribution is 6.04. The normalized spacial score (nSPS) is 11.7. The largest absolute Gasteiger partial charge is 0.339 e. The molecule has 2 aliphatic rings. The zero-order valence-electron chi connectivity index (χ0n) is 19.6. The topological polar surface area (TPSA) is 146 Å². The zero-order chi connectivity index (χ0) is 25.1. The van der Waals surface area contributed by atoms with Gasteiger partial charge in [0.25, 0.3) is 0 Å². The lowest BCUT2D eigenvalue weighted by Crippen LogP contribution is -1.95. The number of anilines is 4. The second-order valence-electron chi connectivity index (χ2n) is 8.83. The van der Waals surface area contributed by atoms with Crippen molar-refractivity contribution < 1.29 is 0 Å². The van der Waals surface area contributed by atoms with E-state index in [2.05, 4.69) is 55.5 Å². The van der Waals surface area contributed by atoms with Gasteiger partial charge in [-0.1, -0.05) is 12.1 Å². The average Bonchev–Trinajstić information content (AvgIpc) is 3.68. The van der Waals surface area contributed by atoms with E-state index < -0.39 is 0 Å². The van der Waals surface area contributed by atoms with Gasteiger partial charge in [-0.05, 0) is 24.3 Å². The molecule has 2 aliphatic heterocycles. The van der Waals surface area contributed by atoms with E-state index in [4.69, 9.17) is 0 Å². The summed E-state index contributed by atoms with van der Waals surface area (Å²) in [5, 5.41) is 8.83. The monoisotopic (exact) mass is 495 g/mol. The zero-order valence-corrected chi connectivity index (χ0v) is 19.6. The first kappa shape index (κ1) is 20.5.